The lowest BCUT2D eigenvalue weighted by Crippen LogP contribution is -2.47. The van der Waals surface area contributed by atoms with E-state index in [1.54, 1.807) is 0 Å². The van der Waals surface area contributed by atoms with Gasteiger partial charge in [-0.25, -0.2) is 0 Å². The number of carbonyl (C=O) groups is 1. The maximum absolute atomic E-state index is 12.2. The molecular formula is C17H32N2O. The van der Waals surface area contributed by atoms with Crippen LogP contribution in [-0.2, 0) is 4.79 Å². The first-order valence-corrected chi connectivity index (χ1v) is 8.30. The van der Waals surface area contributed by atoms with Crippen LogP contribution in [0.2, 0.25) is 0 Å². The molecule has 0 bridgehead atoms. The van der Waals surface area contributed by atoms with E-state index < -0.39 is 0 Å². The summed E-state index contributed by atoms with van der Waals surface area (Å²) in [6, 6.07) is 0.332. The molecule has 0 aromatic rings. The first-order chi connectivity index (χ1) is 9.26. The van der Waals surface area contributed by atoms with Crippen LogP contribution >= 0.6 is 0 Å². The Morgan fingerprint density at radius 2 is 1.65 bits per heavy atom. The lowest BCUT2D eigenvalue weighted by atomic mass is 9.95. The Kier molecular flexibility index (Phi) is 4.48. The molecule has 3 nitrogen and oxygen atoms in total. The normalized spacial score (nSPS) is 27.1. The van der Waals surface area contributed by atoms with Crippen molar-refractivity contribution in [3.05, 3.63) is 0 Å². The smallest absolute Gasteiger partial charge is 0.237 e. The van der Waals surface area contributed by atoms with Crippen molar-refractivity contribution in [2.45, 2.75) is 78.8 Å². The minimum Gasteiger partial charge on any atom is -0.352 e. The highest BCUT2D eigenvalue weighted by Gasteiger charge is 2.63. The van der Waals surface area contributed by atoms with Crippen LogP contribution in [0.15, 0.2) is 0 Å². The van der Waals surface area contributed by atoms with Gasteiger partial charge in [-0.15, -0.1) is 0 Å². The number of hydrogen-bond acceptors (Lipinski definition) is 2. The summed E-state index contributed by atoms with van der Waals surface area (Å²) in [6.45, 7) is 12.2. The zero-order chi connectivity index (χ0) is 15.0. The lowest BCUT2D eigenvalue weighted by molar-refractivity contribution is -0.123. The van der Waals surface area contributed by atoms with Crippen molar-refractivity contribution in [2.75, 3.05) is 6.54 Å². The molecular weight excluding hydrogens is 248 g/mol. The second-order valence-electron chi connectivity index (χ2n) is 7.97. The molecule has 0 saturated heterocycles. The van der Waals surface area contributed by atoms with E-state index in [9.17, 15) is 4.79 Å². The molecule has 2 rings (SSSR count). The molecule has 0 aliphatic heterocycles. The van der Waals surface area contributed by atoms with Crippen molar-refractivity contribution in [3.63, 3.8) is 0 Å². The summed E-state index contributed by atoms with van der Waals surface area (Å²) in [5.41, 5.74) is 0.777. The van der Waals surface area contributed by atoms with Crippen LogP contribution in [0.25, 0.3) is 0 Å². The maximum Gasteiger partial charge on any atom is 0.237 e. The second kappa shape index (κ2) is 5.67. The zero-order valence-electron chi connectivity index (χ0n) is 13.9. The SMILES string of the molecule is CC(NCC1C(C)(C)C1(C)C)C(=O)NC1CCCCC1. The Morgan fingerprint density at radius 1 is 1.10 bits per heavy atom. The van der Waals surface area contributed by atoms with E-state index in [1.807, 2.05) is 6.92 Å². The highest BCUT2D eigenvalue weighted by Crippen LogP contribution is 2.67. The molecule has 2 N–H and O–H groups in total. The minimum absolute atomic E-state index is 0.0795. The van der Waals surface area contributed by atoms with E-state index in [0.29, 0.717) is 22.8 Å². The molecule has 0 heterocycles. The molecule has 0 aromatic carbocycles. The summed E-state index contributed by atoms with van der Waals surface area (Å²) in [7, 11) is 0. The van der Waals surface area contributed by atoms with Crippen molar-refractivity contribution < 1.29 is 4.79 Å². The van der Waals surface area contributed by atoms with Crippen molar-refractivity contribution >= 4 is 5.91 Å². The van der Waals surface area contributed by atoms with Gasteiger partial charge in [-0.3, -0.25) is 4.79 Å². The maximum atomic E-state index is 12.2. The van der Waals surface area contributed by atoms with Crippen molar-refractivity contribution in [2.24, 2.45) is 16.7 Å². The van der Waals surface area contributed by atoms with Gasteiger partial charge in [0.25, 0.3) is 0 Å². The minimum atomic E-state index is -0.0795. The molecule has 2 saturated carbocycles. The van der Waals surface area contributed by atoms with E-state index in [2.05, 4.69) is 38.3 Å². The third kappa shape index (κ3) is 3.03. The summed E-state index contributed by atoms with van der Waals surface area (Å²) in [6.07, 6.45) is 6.16. The van der Waals surface area contributed by atoms with Crippen LogP contribution < -0.4 is 10.6 Å². The Labute approximate surface area is 124 Å². The molecule has 2 aliphatic rings. The Bertz CT molecular complexity index is 342. The van der Waals surface area contributed by atoms with Gasteiger partial charge in [0.15, 0.2) is 0 Å². The molecule has 2 fully saturated rings. The Hall–Kier alpha value is -0.570. The van der Waals surface area contributed by atoms with Crippen molar-refractivity contribution in [1.82, 2.24) is 10.6 Å². The Morgan fingerprint density at radius 3 is 2.15 bits per heavy atom. The average molecular weight is 280 g/mol. The van der Waals surface area contributed by atoms with Crippen LogP contribution in [0.5, 0.6) is 0 Å². The van der Waals surface area contributed by atoms with Crippen LogP contribution in [0, 0.1) is 16.7 Å². The first kappa shape index (κ1) is 15.8. The number of carbonyl (C=O) groups excluding carboxylic acids is 1. The standard InChI is InChI=1S/C17H32N2O/c1-12(15(20)19-13-9-7-6-8-10-13)18-11-14-16(2,3)17(14,4)5/h12-14,18H,6-11H2,1-5H3,(H,19,20). The average Bonchev–Trinajstić information content (AvgIpc) is 2.78. The van der Waals surface area contributed by atoms with E-state index in [4.69, 9.17) is 0 Å². The summed E-state index contributed by atoms with van der Waals surface area (Å²) in [5.74, 6) is 0.841. The molecule has 2 aliphatic carbocycles. The number of hydrogen-bond donors (Lipinski definition) is 2. The van der Waals surface area contributed by atoms with Crippen LogP contribution in [0.1, 0.15) is 66.7 Å². The fourth-order valence-electron chi connectivity index (χ4n) is 3.80. The van der Waals surface area contributed by atoms with Crippen LogP contribution in [0.4, 0.5) is 0 Å². The topological polar surface area (TPSA) is 41.1 Å². The summed E-state index contributed by atoms with van der Waals surface area (Å²) >= 11 is 0. The van der Waals surface area contributed by atoms with Gasteiger partial charge in [-0.05, 0) is 43.1 Å². The molecule has 0 aromatic heterocycles. The fraction of sp³-hybridized carbons (Fsp3) is 0.941. The van der Waals surface area contributed by atoms with E-state index >= 15 is 0 Å². The van der Waals surface area contributed by atoms with Gasteiger partial charge < -0.3 is 10.6 Å². The van der Waals surface area contributed by atoms with Gasteiger partial charge in [0.05, 0.1) is 6.04 Å². The number of rotatable bonds is 5. The number of nitrogens with one attached hydrogen (secondary N) is 2. The molecule has 1 unspecified atom stereocenters. The van der Waals surface area contributed by atoms with Gasteiger partial charge in [-0.2, -0.15) is 0 Å². The van der Waals surface area contributed by atoms with Gasteiger partial charge in [0.1, 0.15) is 0 Å². The highest BCUT2D eigenvalue weighted by molar-refractivity contribution is 5.81. The monoisotopic (exact) mass is 280 g/mol. The largest absolute Gasteiger partial charge is 0.352 e. The zero-order valence-corrected chi connectivity index (χ0v) is 13.9. The molecule has 116 valence electrons. The summed E-state index contributed by atoms with van der Waals surface area (Å²) < 4.78 is 0. The predicted molar refractivity (Wildman–Crippen MR) is 83.5 cm³/mol. The highest BCUT2D eigenvalue weighted by atomic mass is 16.2. The summed E-state index contributed by atoms with van der Waals surface area (Å²) in [4.78, 5) is 12.2. The third-order valence-corrected chi connectivity index (χ3v) is 6.29. The molecule has 0 radical (unpaired) electrons. The molecule has 20 heavy (non-hydrogen) atoms. The van der Waals surface area contributed by atoms with E-state index in [1.165, 1.54) is 19.3 Å². The molecule has 1 amide bonds. The van der Waals surface area contributed by atoms with Crippen molar-refractivity contribution in [1.29, 1.82) is 0 Å². The van der Waals surface area contributed by atoms with Gasteiger partial charge in [0.2, 0.25) is 5.91 Å². The van der Waals surface area contributed by atoms with Gasteiger partial charge in [0, 0.05) is 6.04 Å². The lowest BCUT2D eigenvalue weighted by Gasteiger charge is -2.25. The number of amides is 1. The molecule has 3 heteroatoms. The fourth-order valence-corrected chi connectivity index (χ4v) is 3.80. The Balaban J connectivity index is 1.72. The quantitative estimate of drug-likeness (QED) is 0.812. The van der Waals surface area contributed by atoms with Gasteiger partial charge in [-0.1, -0.05) is 47.0 Å². The first-order valence-electron chi connectivity index (χ1n) is 8.30. The van der Waals surface area contributed by atoms with Crippen LogP contribution in [-0.4, -0.2) is 24.5 Å². The predicted octanol–water partition coefficient (Wildman–Crippen LogP) is 3.10. The van der Waals surface area contributed by atoms with E-state index in [0.717, 1.165) is 19.4 Å². The van der Waals surface area contributed by atoms with Crippen molar-refractivity contribution in [3.8, 4) is 0 Å². The second-order valence-corrected chi connectivity index (χ2v) is 7.97. The molecule has 1 atom stereocenters. The van der Waals surface area contributed by atoms with E-state index in [-0.39, 0.29) is 11.9 Å². The third-order valence-electron chi connectivity index (χ3n) is 6.29. The molecule has 0 spiro atoms. The van der Waals surface area contributed by atoms with Gasteiger partial charge >= 0.3 is 0 Å². The summed E-state index contributed by atoms with van der Waals surface area (Å²) in [5, 5.41) is 6.64. The van der Waals surface area contributed by atoms with Crippen LogP contribution in [0.3, 0.4) is 0 Å².